The van der Waals surface area contributed by atoms with Crippen molar-refractivity contribution in [1.29, 1.82) is 0 Å². The molecule has 0 spiro atoms. The molecule has 5 heteroatoms. The highest BCUT2D eigenvalue weighted by Crippen LogP contribution is 2.35. The zero-order valence-corrected chi connectivity index (χ0v) is 11.2. The molecule has 1 fully saturated rings. The van der Waals surface area contributed by atoms with Gasteiger partial charge in [0.05, 0.1) is 12.6 Å². The summed E-state index contributed by atoms with van der Waals surface area (Å²) < 4.78 is 0. The lowest BCUT2D eigenvalue weighted by molar-refractivity contribution is 0.189. The Kier molecular flexibility index (Phi) is 3.77. The van der Waals surface area contributed by atoms with Gasteiger partial charge in [0.1, 0.15) is 5.82 Å². The number of fused-ring (bicyclic) bond motifs is 1. The van der Waals surface area contributed by atoms with Gasteiger partial charge in [0.25, 0.3) is 0 Å². The van der Waals surface area contributed by atoms with Gasteiger partial charge in [0.2, 0.25) is 0 Å². The predicted octanol–water partition coefficient (Wildman–Crippen LogP) is 0.419. The van der Waals surface area contributed by atoms with Crippen LogP contribution in [0.25, 0.3) is 0 Å². The number of aromatic amines is 1. The van der Waals surface area contributed by atoms with Crippen molar-refractivity contribution in [3.05, 3.63) is 17.3 Å². The molecule has 0 aromatic carbocycles. The van der Waals surface area contributed by atoms with Gasteiger partial charge in [-0.15, -0.1) is 0 Å². The minimum absolute atomic E-state index is 0.175. The standard InChI is InChI=1S/C14H23N3O2/c18-7-9-3-10(5-15-4-9)13-6-16-14-12(13)2-1-11(8-19)17-14/h6,9-11,15-19H,1-5,7-8H2/t9-,10?,11?/m1/s1. The van der Waals surface area contributed by atoms with Crippen LogP contribution in [-0.4, -0.2) is 47.5 Å². The molecule has 2 aliphatic heterocycles. The van der Waals surface area contributed by atoms with Crippen LogP contribution in [0.4, 0.5) is 5.82 Å². The van der Waals surface area contributed by atoms with Crippen molar-refractivity contribution in [2.75, 3.05) is 31.6 Å². The number of nitrogens with one attached hydrogen (secondary N) is 3. The lowest BCUT2D eigenvalue weighted by Crippen LogP contribution is -2.37. The monoisotopic (exact) mass is 265 g/mol. The first-order chi connectivity index (χ1) is 9.31. The molecule has 2 aliphatic rings. The van der Waals surface area contributed by atoms with Gasteiger partial charge in [-0.3, -0.25) is 0 Å². The van der Waals surface area contributed by atoms with Gasteiger partial charge >= 0.3 is 0 Å². The van der Waals surface area contributed by atoms with Crippen LogP contribution in [0.15, 0.2) is 6.20 Å². The molecule has 1 aromatic rings. The number of rotatable bonds is 3. The van der Waals surface area contributed by atoms with E-state index in [2.05, 4.69) is 21.8 Å². The van der Waals surface area contributed by atoms with E-state index >= 15 is 0 Å². The van der Waals surface area contributed by atoms with E-state index in [-0.39, 0.29) is 19.3 Å². The second kappa shape index (κ2) is 5.53. The fourth-order valence-electron chi connectivity index (χ4n) is 3.37. The first-order valence-electron chi connectivity index (χ1n) is 7.21. The maximum Gasteiger partial charge on any atom is 0.107 e. The molecular formula is C14H23N3O2. The first kappa shape index (κ1) is 13.0. The maximum absolute atomic E-state index is 9.32. The normalized spacial score (nSPS) is 30.7. The zero-order valence-electron chi connectivity index (χ0n) is 11.2. The Hall–Kier alpha value is -1.04. The Balaban J connectivity index is 1.77. The average Bonchev–Trinajstić information content (AvgIpc) is 2.90. The minimum Gasteiger partial charge on any atom is -0.396 e. The molecule has 0 amide bonds. The van der Waals surface area contributed by atoms with Crippen LogP contribution in [0.2, 0.25) is 0 Å². The van der Waals surface area contributed by atoms with E-state index in [1.165, 1.54) is 11.1 Å². The number of anilines is 1. The van der Waals surface area contributed by atoms with Gasteiger partial charge in [-0.2, -0.15) is 0 Å². The summed E-state index contributed by atoms with van der Waals surface area (Å²) in [6.45, 7) is 2.36. The molecule has 106 valence electrons. The summed E-state index contributed by atoms with van der Waals surface area (Å²) in [7, 11) is 0. The van der Waals surface area contributed by atoms with Crippen LogP contribution in [0.5, 0.6) is 0 Å². The molecule has 0 bridgehead atoms. The van der Waals surface area contributed by atoms with E-state index in [9.17, 15) is 10.2 Å². The molecule has 5 N–H and O–H groups in total. The van der Waals surface area contributed by atoms with Crippen LogP contribution in [0.1, 0.15) is 29.9 Å². The molecule has 1 aromatic heterocycles. The third-order valence-corrected chi connectivity index (χ3v) is 4.47. The second-order valence-electron chi connectivity index (χ2n) is 5.80. The summed E-state index contributed by atoms with van der Waals surface area (Å²) in [5.41, 5.74) is 2.75. The molecule has 3 atom stereocenters. The summed E-state index contributed by atoms with van der Waals surface area (Å²) in [4.78, 5) is 3.31. The van der Waals surface area contributed by atoms with Gasteiger partial charge in [0, 0.05) is 25.9 Å². The Morgan fingerprint density at radius 2 is 2.11 bits per heavy atom. The molecule has 19 heavy (non-hydrogen) atoms. The summed E-state index contributed by atoms with van der Waals surface area (Å²) in [6.07, 6.45) is 5.16. The lowest BCUT2D eigenvalue weighted by Gasteiger charge is -2.30. The number of aliphatic hydroxyl groups excluding tert-OH is 2. The van der Waals surface area contributed by atoms with E-state index in [0.717, 1.165) is 38.2 Å². The zero-order chi connectivity index (χ0) is 13.2. The van der Waals surface area contributed by atoms with Gasteiger partial charge in [-0.25, -0.2) is 0 Å². The van der Waals surface area contributed by atoms with E-state index in [0.29, 0.717) is 11.8 Å². The van der Waals surface area contributed by atoms with E-state index in [4.69, 9.17) is 0 Å². The number of hydrogen-bond acceptors (Lipinski definition) is 4. The van der Waals surface area contributed by atoms with Gasteiger partial charge in [0.15, 0.2) is 0 Å². The fourth-order valence-corrected chi connectivity index (χ4v) is 3.37. The van der Waals surface area contributed by atoms with Crippen LogP contribution in [0, 0.1) is 5.92 Å². The number of hydrogen-bond donors (Lipinski definition) is 5. The molecule has 3 heterocycles. The Labute approximate surface area is 113 Å². The van der Waals surface area contributed by atoms with Crippen molar-refractivity contribution in [2.24, 2.45) is 5.92 Å². The number of aromatic nitrogens is 1. The van der Waals surface area contributed by atoms with Gasteiger partial charge in [-0.1, -0.05) is 0 Å². The van der Waals surface area contributed by atoms with Crippen molar-refractivity contribution in [1.82, 2.24) is 10.3 Å². The molecule has 2 unspecified atom stereocenters. The van der Waals surface area contributed by atoms with Crippen molar-refractivity contribution < 1.29 is 10.2 Å². The Morgan fingerprint density at radius 3 is 2.89 bits per heavy atom. The second-order valence-corrected chi connectivity index (χ2v) is 5.80. The molecule has 3 rings (SSSR count). The highest BCUT2D eigenvalue weighted by molar-refractivity contribution is 5.53. The number of piperidine rings is 1. The quantitative estimate of drug-likeness (QED) is 0.549. The largest absolute Gasteiger partial charge is 0.396 e. The smallest absolute Gasteiger partial charge is 0.107 e. The lowest BCUT2D eigenvalue weighted by atomic mass is 9.84. The van der Waals surface area contributed by atoms with Crippen LogP contribution >= 0.6 is 0 Å². The number of aliphatic hydroxyl groups is 2. The summed E-state index contributed by atoms with van der Waals surface area (Å²) in [5.74, 6) is 1.93. The van der Waals surface area contributed by atoms with Crippen molar-refractivity contribution >= 4 is 5.82 Å². The molecule has 0 radical (unpaired) electrons. The average molecular weight is 265 g/mol. The van der Waals surface area contributed by atoms with Crippen LogP contribution < -0.4 is 10.6 Å². The SMILES string of the molecule is OCC1CCc2c(C3CNC[C@H](CO)C3)c[nH]c2N1. The molecule has 1 saturated heterocycles. The summed E-state index contributed by atoms with van der Waals surface area (Å²) in [6, 6.07) is 0.175. The third-order valence-electron chi connectivity index (χ3n) is 4.47. The third kappa shape index (κ3) is 2.50. The van der Waals surface area contributed by atoms with Crippen molar-refractivity contribution in [3.63, 3.8) is 0 Å². The minimum atomic E-state index is 0.175. The Bertz CT molecular complexity index is 432. The predicted molar refractivity (Wildman–Crippen MR) is 74.4 cm³/mol. The molecule has 5 nitrogen and oxygen atoms in total. The summed E-state index contributed by atoms with van der Waals surface area (Å²) in [5, 5.41) is 25.3. The molecule has 0 aliphatic carbocycles. The van der Waals surface area contributed by atoms with E-state index < -0.39 is 0 Å². The number of H-pyrrole nitrogens is 1. The maximum atomic E-state index is 9.32. The van der Waals surface area contributed by atoms with E-state index in [1.54, 1.807) is 0 Å². The Morgan fingerprint density at radius 1 is 1.21 bits per heavy atom. The van der Waals surface area contributed by atoms with Crippen LogP contribution in [-0.2, 0) is 6.42 Å². The van der Waals surface area contributed by atoms with Crippen LogP contribution in [0.3, 0.4) is 0 Å². The van der Waals surface area contributed by atoms with E-state index in [1.807, 2.05) is 0 Å². The topological polar surface area (TPSA) is 80.3 Å². The highest BCUT2D eigenvalue weighted by Gasteiger charge is 2.28. The highest BCUT2D eigenvalue weighted by atomic mass is 16.3. The molecule has 0 saturated carbocycles. The van der Waals surface area contributed by atoms with Gasteiger partial charge < -0.3 is 25.8 Å². The summed E-state index contributed by atoms with van der Waals surface area (Å²) >= 11 is 0. The van der Waals surface area contributed by atoms with Gasteiger partial charge in [-0.05, 0) is 42.2 Å². The fraction of sp³-hybridized carbons (Fsp3) is 0.714. The molecular weight excluding hydrogens is 242 g/mol. The first-order valence-corrected chi connectivity index (χ1v) is 7.21. The van der Waals surface area contributed by atoms with Crippen molar-refractivity contribution in [3.8, 4) is 0 Å². The van der Waals surface area contributed by atoms with Crippen molar-refractivity contribution in [2.45, 2.75) is 31.2 Å².